The molecule has 0 bridgehead atoms. The highest BCUT2D eigenvalue weighted by atomic mass is 32.1. The molecule has 2 aromatic heterocycles. The molecule has 8 nitrogen and oxygen atoms in total. The Bertz CT molecular complexity index is 1170. The van der Waals surface area contributed by atoms with Gasteiger partial charge in [0.2, 0.25) is 11.8 Å². The van der Waals surface area contributed by atoms with Gasteiger partial charge < -0.3 is 9.72 Å². The summed E-state index contributed by atoms with van der Waals surface area (Å²) in [5, 5.41) is 0.707. The Balaban J connectivity index is 1.29. The first-order chi connectivity index (χ1) is 15.0. The number of H-pyrrole nitrogens is 1. The topological polar surface area (TPSA) is 113 Å². The minimum atomic E-state index is -0.351. The van der Waals surface area contributed by atoms with Gasteiger partial charge >= 0.3 is 0 Å². The Kier molecular flexibility index (Phi) is 6.31. The highest BCUT2D eigenvalue weighted by Crippen LogP contribution is 2.33. The van der Waals surface area contributed by atoms with Crippen LogP contribution in [0.3, 0.4) is 0 Å². The van der Waals surface area contributed by atoms with E-state index in [4.69, 9.17) is 4.74 Å². The van der Waals surface area contributed by atoms with Gasteiger partial charge in [0.15, 0.2) is 0 Å². The summed E-state index contributed by atoms with van der Waals surface area (Å²) in [6.45, 7) is 0. The molecule has 0 fully saturated rings. The van der Waals surface area contributed by atoms with Gasteiger partial charge in [0.1, 0.15) is 16.4 Å². The first-order valence-electron chi connectivity index (χ1n) is 10.3. The fourth-order valence-electron chi connectivity index (χ4n) is 3.73. The number of nitrogens with zero attached hydrogens (tertiary/aromatic N) is 1. The van der Waals surface area contributed by atoms with Crippen molar-refractivity contribution >= 4 is 33.4 Å². The van der Waals surface area contributed by atoms with Crippen LogP contribution in [0, 0.1) is 0 Å². The number of amides is 2. The minimum absolute atomic E-state index is 0.0996. The number of aromatic amines is 1. The smallest absolute Gasteiger partial charge is 0.259 e. The van der Waals surface area contributed by atoms with Crippen LogP contribution in [0.2, 0.25) is 0 Å². The van der Waals surface area contributed by atoms with Gasteiger partial charge in [-0.05, 0) is 48.9 Å². The maximum Gasteiger partial charge on any atom is 0.259 e. The van der Waals surface area contributed by atoms with E-state index < -0.39 is 0 Å². The molecule has 2 amide bonds. The zero-order valence-corrected chi connectivity index (χ0v) is 18.1. The van der Waals surface area contributed by atoms with Crippen LogP contribution in [0.25, 0.3) is 10.2 Å². The van der Waals surface area contributed by atoms with Crippen LogP contribution < -0.4 is 21.1 Å². The van der Waals surface area contributed by atoms with Crippen molar-refractivity contribution in [3.05, 3.63) is 56.4 Å². The van der Waals surface area contributed by atoms with E-state index in [9.17, 15) is 14.4 Å². The summed E-state index contributed by atoms with van der Waals surface area (Å²) in [4.78, 5) is 46.1. The quantitative estimate of drug-likeness (QED) is 0.509. The second-order valence-corrected chi connectivity index (χ2v) is 8.61. The lowest BCUT2D eigenvalue weighted by Crippen LogP contribution is -2.42. The van der Waals surface area contributed by atoms with Gasteiger partial charge in [-0.2, -0.15) is 0 Å². The normalized spacial score (nSPS) is 12.9. The molecule has 0 saturated carbocycles. The third-order valence-corrected chi connectivity index (χ3v) is 6.51. The number of rotatable bonds is 6. The molecule has 4 rings (SSSR count). The number of carbonyl (C=O) groups excluding carboxylic acids is 2. The lowest BCUT2D eigenvalue weighted by molar-refractivity contribution is -0.128. The number of thiophene rings is 1. The summed E-state index contributed by atoms with van der Waals surface area (Å²) >= 11 is 1.58. The standard InChI is InChI=1S/C22H24N4O4S/c1-30-14-8-6-13(7-9-14)12-19(28)26-25-18(27)11-10-17-23-21(29)20-15-4-2-3-5-16(15)31-22(20)24-17/h6-9H,2-5,10-12H2,1H3,(H,25,27)(H,26,28)(H,23,24,29). The molecule has 2 heterocycles. The highest BCUT2D eigenvalue weighted by Gasteiger charge is 2.20. The van der Waals surface area contributed by atoms with E-state index in [1.54, 1.807) is 42.7 Å². The van der Waals surface area contributed by atoms with Crippen LogP contribution in [0.5, 0.6) is 5.75 Å². The van der Waals surface area contributed by atoms with Crippen molar-refractivity contribution in [3.63, 3.8) is 0 Å². The Hall–Kier alpha value is -3.20. The lowest BCUT2D eigenvalue weighted by Gasteiger charge is -2.09. The maximum absolute atomic E-state index is 12.6. The number of aromatic nitrogens is 2. The second kappa shape index (κ2) is 9.30. The number of benzene rings is 1. The van der Waals surface area contributed by atoms with Crippen LogP contribution in [-0.4, -0.2) is 28.9 Å². The molecule has 9 heteroatoms. The van der Waals surface area contributed by atoms with Crippen molar-refractivity contribution in [1.82, 2.24) is 20.8 Å². The molecule has 1 aliphatic carbocycles. The number of aryl methyl sites for hydroxylation is 3. The Morgan fingerprint density at radius 2 is 1.87 bits per heavy atom. The van der Waals surface area contributed by atoms with E-state index in [-0.39, 0.29) is 36.6 Å². The molecule has 0 radical (unpaired) electrons. The van der Waals surface area contributed by atoms with Crippen LogP contribution in [-0.2, 0) is 35.3 Å². The summed E-state index contributed by atoms with van der Waals surface area (Å²) in [5.74, 6) is 0.521. The molecular weight excluding hydrogens is 416 g/mol. The van der Waals surface area contributed by atoms with E-state index in [0.29, 0.717) is 17.0 Å². The van der Waals surface area contributed by atoms with Crippen LogP contribution in [0.4, 0.5) is 0 Å². The average molecular weight is 441 g/mol. The van der Waals surface area contributed by atoms with Gasteiger partial charge in [0.05, 0.1) is 18.9 Å². The molecular formula is C22H24N4O4S. The molecule has 0 unspecified atom stereocenters. The van der Waals surface area contributed by atoms with E-state index in [1.165, 1.54) is 4.88 Å². The van der Waals surface area contributed by atoms with Gasteiger partial charge in [0, 0.05) is 17.7 Å². The Labute approximate surface area is 183 Å². The third kappa shape index (κ3) is 4.93. The predicted octanol–water partition coefficient (Wildman–Crippen LogP) is 2.19. The molecule has 1 aromatic carbocycles. The molecule has 3 aromatic rings. The van der Waals surface area contributed by atoms with Gasteiger partial charge in [-0.1, -0.05) is 12.1 Å². The molecule has 0 aliphatic heterocycles. The van der Waals surface area contributed by atoms with E-state index in [2.05, 4.69) is 20.8 Å². The van der Waals surface area contributed by atoms with Crippen molar-refractivity contribution in [3.8, 4) is 5.75 Å². The fraction of sp³-hybridized carbons (Fsp3) is 0.364. The molecule has 0 atom stereocenters. The number of fused-ring (bicyclic) bond motifs is 3. The molecule has 162 valence electrons. The predicted molar refractivity (Wildman–Crippen MR) is 118 cm³/mol. The highest BCUT2D eigenvalue weighted by molar-refractivity contribution is 7.18. The minimum Gasteiger partial charge on any atom is -0.497 e. The monoisotopic (exact) mass is 440 g/mol. The second-order valence-electron chi connectivity index (χ2n) is 7.52. The summed E-state index contributed by atoms with van der Waals surface area (Å²) in [6, 6.07) is 7.13. The number of ether oxygens (including phenoxy) is 1. The summed E-state index contributed by atoms with van der Waals surface area (Å²) in [5.41, 5.74) is 6.63. The first kappa shape index (κ1) is 21.0. The van der Waals surface area contributed by atoms with Crippen LogP contribution >= 0.6 is 11.3 Å². The van der Waals surface area contributed by atoms with Crippen molar-refractivity contribution in [2.45, 2.75) is 44.9 Å². The summed E-state index contributed by atoms with van der Waals surface area (Å²) < 4.78 is 5.08. The maximum atomic E-state index is 12.6. The fourth-order valence-corrected chi connectivity index (χ4v) is 5.01. The number of hydrogen-bond donors (Lipinski definition) is 3. The zero-order chi connectivity index (χ0) is 21.8. The van der Waals surface area contributed by atoms with E-state index in [1.807, 2.05) is 0 Å². The number of nitrogens with one attached hydrogen (secondary N) is 3. The first-order valence-corrected chi connectivity index (χ1v) is 11.1. The number of hydrazine groups is 1. The molecule has 0 spiro atoms. The van der Waals surface area contributed by atoms with Crippen molar-refractivity contribution < 1.29 is 14.3 Å². The Morgan fingerprint density at radius 3 is 2.65 bits per heavy atom. The van der Waals surface area contributed by atoms with E-state index in [0.717, 1.165) is 41.6 Å². The lowest BCUT2D eigenvalue weighted by atomic mass is 9.97. The molecule has 1 aliphatic rings. The Morgan fingerprint density at radius 1 is 1.13 bits per heavy atom. The number of hydrogen-bond acceptors (Lipinski definition) is 6. The molecule has 31 heavy (non-hydrogen) atoms. The summed E-state index contributed by atoms with van der Waals surface area (Å²) in [7, 11) is 1.58. The van der Waals surface area contributed by atoms with Gasteiger partial charge in [0.25, 0.3) is 5.56 Å². The molecule has 3 N–H and O–H groups in total. The van der Waals surface area contributed by atoms with Crippen molar-refractivity contribution in [2.75, 3.05) is 7.11 Å². The van der Waals surface area contributed by atoms with Crippen molar-refractivity contribution in [1.29, 1.82) is 0 Å². The SMILES string of the molecule is COc1ccc(CC(=O)NNC(=O)CCc2nc3sc4c(c3c(=O)[nH]2)CCCC4)cc1. The van der Waals surface area contributed by atoms with Gasteiger partial charge in [-0.3, -0.25) is 25.2 Å². The largest absolute Gasteiger partial charge is 0.497 e. The average Bonchev–Trinajstić information content (AvgIpc) is 3.15. The van der Waals surface area contributed by atoms with Crippen LogP contribution in [0.15, 0.2) is 29.1 Å². The third-order valence-electron chi connectivity index (χ3n) is 5.33. The van der Waals surface area contributed by atoms with Gasteiger partial charge in [-0.15, -0.1) is 11.3 Å². The van der Waals surface area contributed by atoms with Crippen LogP contribution in [0.1, 0.15) is 41.1 Å². The summed E-state index contributed by atoms with van der Waals surface area (Å²) in [6.07, 6.45) is 4.70. The van der Waals surface area contributed by atoms with Gasteiger partial charge in [-0.25, -0.2) is 4.98 Å². The number of carbonyl (C=O) groups is 2. The van der Waals surface area contributed by atoms with E-state index >= 15 is 0 Å². The number of methoxy groups -OCH3 is 1. The zero-order valence-electron chi connectivity index (χ0n) is 17.2. The van der Waals surface area contributed by atoms with Crippen molar-refractivity contribution in [2.24, 2.45) is 0 Å². The molecule has 0 saturated heterocycles.